The summed E-state index contributed by atoms with van der Waals surface area (Å²) in [5.41, 5.74) is 1.20. The SMILES string of the molecule is Cc1nnsc1C(=O)NC1(c2ccc(F)cc2)CCCC1. The molecule has 1 aliphatic rings. The fourth-order valence-corrected chi connectivity index (χ4v) is 3.50. The number of aromatic nitrogens is 2. The molecule has 110 valence electrons. The van der Waals surface area contributed by atoms with Crippen LogP contribution in [0.2, 0.25) is 0 Å². The molecule has 0 spiro atoms. The van der Waals surface area contributed by atoms with Gasteiger partial charge in [0.05, 0.1) is 11.2 Å². The first-order valence-electron chi connectivity index (χ1n) is 6.98. The lowest BCUT2D eigenvalue weighted by molar-refractivity contribution is 0.0901. The highest BCUT2D eigenvalue weighted by atomic mass is 32.1. The minimum absolute atomic E-state index is 0.145. The summed E-state index contributed by atoms with van der Waals surface area (Å²) in [6.07, 6.45) is 3.85. The van der Waals surface area contributed by atoms with E-state index in [4.69, 9.17) is 0 Å². The van der Waals surface area contributed by atoms with Gasteiger partial charge in [-0.3, -0.25) is 4.79 Å². The summed E-state index contributed by atoms with van der Waals surface area (Å²) < 4.78 is 16.9. The molecule has 1 saturated carbocycles. The highest BCUT2D eigenvalue weighted by molar-refractivity contribution is 7.08. The van der Waals surface area contributed by atoms with Crippen LogP contribution in [0.5, 0.6) is 0 Å². The number of carbonyl (C=O) groups is 1. The van der Waals surface area contributed by atoms with E-state index in [2.05, 4.69) is 14.9 Å². The second kappa shape index (κ2) is 5.52. The zero-order valence-electron chi connectivity index (χ0n) is 11.7. The fraction of sp³-hybridized carbons (Fsp3) is 0.400. The third-order valence-corrected chi connectivity index (χ3v) is 4.89. The van der Waals surface area contributed by atoms with Gasteiger partial charge in [-0.05, 0) is 49.0 Å². The highest BCUT2D eigenvalue weighted by Crippen LogP contribution is 2.39. The summed E-state index contributed by atoms with van der Waals surface area (Å²) in [5.74, 6) is -0.408. The zero-order chi connectivity index (χ0) is 14.9. The van der Waals surface area contributed by atoms with Crippen LogP contribution >= 0.6 is 11.5 Å². The van der Waals surface area contributed by atoms with Crippen LogP contribution in [-0.2, 0) is 5.54 Å². The normalized spacial score (nSPS) is 16.9. The lowest BCUT2D eigenvalue weighted by Crippen LogP contribution is -2.43. The van der Waals surface area contributed by atoms with Crippen molar-refractivity contribution in [1.82, 2.24) is 14.9 Å². The minimum Gasteiger partial charge on any atom is -0.342 e. The number of nitrogens with zero attached hydrogens (tertiary/aromatic N) is 2. The van der Waals surface area contributed by atoms with E-state index in [9.17, 15) is 9.18 Å². The van der Waals surface area contributed by atoms with E-state index in [1.54, 1.807) is 19.1 Å². The smallest absolute Gasteiger partial charge is 0.265 e. The quantitative estimate of drug-likeness (QED) is 0.947. The zero-order valence-corrected chi connectivity index (χ0v) is 12.5. The lowest BCUT2D eigenvalue weighted by atomic mass is 9.88. The van der Waals surface area contributed by atoms with Gasteiger partial charge in [0.25, 0.3) is 5.91 Å². The number of amides is 1. The van der Waals surface area contributed by atoms with Crippen LogP contribution in [0.15, 0.2) is 24.3 Å². The van der Waals surface area contributed by atoms with Crippen molar-refractivity contribution < 1.29 is 9.18 Å². The number of rotatable bonds is 3. The Hall–Kier alpha value is -1.82. The molecular weight excluding hydrogens is 289 g/mol. The second-order valence-corrected chi connectivity index (χ2v) is 6.19. The summed E-state index contributed by atoms with van der Waals surface area (Å²) in [7, 11) is 0. The van der Waals surface area contributed by atoms with E-state index < -0.39 is 5.54 Å². The van der Waals surface area contributed by atoms with Crippen LogP contribution in [0.1, 0.15) is 46.6 Å². The number of carbonyl (C=O) groups excluding carboxylic acids is 1. The van der Waals surface area contributed by atoms with Gasteiger partial charge in [-0.2, -0.15) is 0 Å². The molecule has 0 atom stereocenters. The van der Waals surface area contributed by atoms with Crippen molar-refractivity contribution >= 4 is 17.4 Å². The summed E-state index contributed by atoms with van der Waals surface area (Å²) in [5, 5.41) is 7.02. The van der Waals surface area contributed by atoms with Crippen molar-refractivity contribution in [1.29, 1.82) is 0 Å². The summed E-state index contributed by atoms with van der Waals surface area (Å²) in [4.78, 5) is 13.0. The van der Waals surface area contributed by atoms with Crippen LogP contribution < -0.4 is 5.32 Å². The predicted molar refractivity (Wildman–Crippen MR) is 78.7 cm³/mol. The molecule has 3 rings (SSSR count). The fourth-order valence-electron chi connectivity index (χ4n) is 2.95. The van der Waals surface area contributed by atoms with Crippen LogP contribution in [0.3, 0.4) is 0 Å². The van der Waals surface area contributed by atoms with E-state index in [0.717, 1.165) is 42.8 Å². The largest absolute Gasteiger partial charge is 0.342 e. The van der Waals surface area contributed by atoms with Crippen molar-refractivity contribution in [2.75, 3.05) is 0 Å². The van der Waals surface area contributed by atoms with Crippen molar-refractivity contribution in [3.05, 3.63) is 46.2 Å². The van der Waals surface area contributed by atoms with Crippen LogP contribution in [0, 0.1) is 12.7 Å². The number of benzene rings is 1. The molecule has 0 aliphatic heterocycles. The third kappa shape index (κ3) is 2.68. The molecule has 6 heteroatoms. The molecule has 21 heavy (non-hydrogen) atoms. The molecule has 0 unspecified atom stereocenters. The van der Waals surface area contributed by atoms with Crippen LogP contribution in [0.4, 0.5) is 4.39 Å². The average Bonchev–Trinajstić information content (AvgIpc) is 3.09. The van der Waals surface area contributed by atoms with E-state index in [0.29, 0.717) is 10.6 Å². The molecule has 0 radical (unpaired) electrons. The van der Waals surface area contributed by atoms with Gasteiger partial charge in [0.2, 0.25) is 0 Å². The van der Waals surface area contributed by atoms with Crippen molar-refractivity contribution in [2.24, 2.45) is 0 Å². The Bertz CT molecular complexity index is 647. The molecule has 4 nitrogen and oxygen atoms in total. The van der Waals surface area contributed by atoms with Gasteiger partial charge in [0, 0.05) is 0 Å². The molecule has 0 saturated heterocycles. The van der Waals surface area contributed by atoms with Crippen molar-refractivity contribution in [2.45, 2.75) is 38.1 Å². The van der Waals surface area contributed by atoms with Gasteiger partial charge in [-0.1, -0.05) is 29.5 Å². The predicted octanol–water partition coefficient (Wildman–Crippen LogP) is 3.18. The van der Waals surface area contributed by atoms with Gasteiger partial charge in [-0.15, -0.1) is 5.10 Å². The number of hydrogen-bond donors (Lipinski definition) is 1. The Morgan fingerprint density at radius 2 is 1.95 bits per heavy atom. The molecule has 1 heterocycles. The number of halogens is 1. The van der Waals surface area contributed by atoms with Crippen LogP contribution in [0.25, 0.3) is 0 Å². The molecule has 0 bridgehead atoms. The van der Waals surface area contributed by atoms with Gasteiger partial charge >= 0.3 is 0 Å². The first kappa shape index (κ1) is 14.1. The second-order valence-electron chi connectivity index (χ2n) is 5.44. The molecular formula is C15H16FN3OS. The number of aryl methyl sites for hydroxylation is 1. The van der Waals surface area contributed by atoms with E-state index in [-0.39, 0.29) is 11.7 Å². The molecule has 1 amide bonds. The van der Waals surface area contributed by atoms with E-state index in [1.807, 2.05) is 0 Å². The summed E-state index contributed by atoms with van der Waals surface area (Å²) in [6, 6.07) is 6.42. The maximum Gasteiger partial charge on any atom is 0.265 e. The Balaban J connectivity index is 1.90. The van der Waals surface area contributed by atoms with Crippen molar-refractivity contribution in [3.63, 3.8) is 0 Å². The summed E-state index contributed by atoms with van der Waals surface area (Å²) >= 11 is 1.10. The van der Waals surface area contributed by atoms with Gasteiger partial charge in [0.15, 0.2) is 0 Å². The number of nitrogens with one attached hydrogen (secondary N) is 1. The monoisotopic (exact) mass is 305 g/mol. The Kier molecular flexibility index (Phi) is 3.71. The Morgan fingerprint density at radius 3 is 2.52 bits per heavy atom. The van der Waals surface area contributed by atoms with Crippen LogP contribution in [-0.4, -0.2) is 15.5 Å². The summed E-state index contributed by atoms with van der Waals surface area (Å²) in [6.45, 7) is 1.78. The first-order valence-corrected chi connectivity index (χ1v) is 7.76. The lowest BCUT2D eigenvalue weighted by Gasteiger charge is -2.31. The van der Waals surface area contributed by atoms with E-state index in [1.165, 1.54) is 12.1 Å². The minimum atomic E-state index is -0.402. The topological polar surface area (TPSA) is 54.9 Å². The van der Waals surface area contributed by atoms with Crippen molar-refractivity contribution in [3.8, 4) is 0 Å². The molecule has 1 aromatic heterocycles. The van der Waals surface area contributed by atoms with Gasteiger partial charge in [-0.25, -0.2) is 4.39 Å². The van der Waals surface area contributed by atoms with Gasteiger partial charge < -0.3 is 5.32 Å². The highest BCUT2D eigenvalue weighted by Gasteiger charge is 2.37. The molecule has 1 N–H and O–H groups in total. The maximum atomic E-state index is 13.1. The average molecular weight is 305 g/mol. The standard InChI is InChI=1S/C15H16FN3OS/c1-10-13(21-19-18-10)14(20)17-15(8-2-3-9-15)11-4-6-12(16)7-5-11/h4-7H,2-3,8-9H2,1H3,(H,17,20). The Labute approximate surface area is 126 Å². The molecule has 1 aliphatic carbocycles. The molecule has 1 aromatic carbocycles. The molecule has 1 fully saturated rings. The molecule has 2 aromatic rings. The third-order valence-electron chi connectivity index (χ3n) is 4.06. The van der Waals surface area contributed by atoms with E-state index >= 15 is 0 Å². The Morgan fingerprint density at radius 1 is 1.29 bits per heavy atom. The first-order chi connectivity index (χ1) is 10.1. The van der Waals surface area contributed by atoms with Gasteiger partial charge in [0.1, 0.15) is 10.7 Å². The number of hydrogen-bond acceptors (Lipinski definition) is 4. The maximum absolute atomic E-state index is 13.1.